The zero-order valence-corrected chi connectivity index (χ0v) is 8.15. The molecule has 1 saturated heterocycles. The number of pyridine rings is 1. The molecule has 4 nitrogen and oxygen atoms in total. The number of halogens is 1. The van der Waals surface area contributed by atoms with Crippen LogP contribution in [0.15, 0.2) is 18.3 Å². The van der Waals surface area contributed by atoms with Crippen LogP contribution in [0.3, 0.4) is 0 Å². The molecule has 0 saturated carbocycles. The molecule has 5 heteroatoms. The summed E-state index contributed by atoms with van der Waals surface area (Å²) in [5.41, 5.74) is 1.01. The number of hydrogen-bond acceptors (Lipinski definition) is 4. The van der Waals surface area contributed by atoms with E-state index >= 15 is 0 Å². The highest BCUT2D eigenvalue weighted by Crippen LogP contribution is 2.23. The van der Waals surface area contributed by atoms with Crippen LogP contribution in [-0.2, 0) is 9.53 Å². The van der Waals surface area contributed by atoms with Gasteiger partial charge in [0.2, 0.25) is 0 Å². The fraction of sp³-hybridized carbons (Fsp3) is 0.333. The molecular weight excluding hydrogens is 204 g/mol. The second-order valence-electron chi connectivity index (χ2n) is 3.10. The molecule has 1 aliphatic rings. The summed E-state index contributed by atoms with van der Waals surface area (Å²) in [5, 5.41) is 0.474. The minimum atomic E-state index is 0.0134. The number of ether oxygens (including phenoxy) is 1. The van der Waals surface area contributed by atoms with Gasteiger partial charge in [-0.3, -0.25) is 4.79 Å². The second kappa shape index (κ2) is 3.84. The molecule has 0 aromatic carbocycles. The zero-order chi connectivity index (χ0) is 9.97. The number of hydrogen-bond donors (Lipinski definition) is 0. The Labute approximate surface area is 86.4 Å². The molecule has 0 bridgehead atoms. The molecule has 14 heavy (non-hydrogen) atoms. The molecule has 0 atom stereocenters. The first-order chi connectivity index (χ1) is 6.79. The topological polar surface area (TPSA) is 42.4 Å². The Balaban J connectivity index is 1.96. The van der Waals surface area contributed by atoms with Crippen molar-refractivity contribution in [3.05, 3.63) is 23.5 Å². The van der Waals surface area contributed by atoms with Crippen LogP contribution in [0.4, 0.5) is 5.69 Å². The molecule has 0 amide bonds. The van der Waals surface area contributed by atoms with Gasteiger partial charge in [0.05, 0.1) is 13.1 Å². The molecular formula is C9H9ClN2O2. The minimum absolute atomic E-state index is 0.0134. The number of carbonyl (C=O) groups is 1. The fourth-order valence-corrected chi connectivity index (χ4v) is 1.57. The number of carbonyl (C=O) groups excluding carboxylic acids is 1. The summed E-state index contributed by atoms with van der Waals surface area (Å²) in [5.74, 6) is 0. The first-order valence-corrected chi connectivity index (χ1v) is 4.63. The summed E-state index contributed by atoms with van der Waals surface area (Å²) in [6, 6.07) is 3.67. The van der Waals surface area contributed by atoms with Crippen LogP contribution in [0.25, 0.3) is 0 Å². The molecule has 74 valence electrons. The maximum atomic E-state index is 10.0. The SMILES string of the molecule is O=COC1CN(c2ccnc(Cl)c2)C1. The lowest BCUT2D eigenvalue weighted by molar-refractivity contribution is -0.134. The highest BCUT2D eigenvalue weighted by atomic mass is 35.5. The normalized spacial score (nSPS) is 16.2. The van der Waals surface area contributed by atoms with E-state index in [1.54, 1.807) is 12.3 Å². The summed E-state index contributed by atoms with van der Waals surface area (Å²) >= 11 is 5.74. The molecule has 0 spiro atoms. The van der Waals surface area contributed by atoms with Crippen LogP contribution >= 0.6 is 11.6 Å². The summed E-state index contributed by atoms with van der Waals surface area (Å²) in [6.07, 6.45) is 1.67. The number of rotatable bonds is 3. The monoisotopic (exact) mass is 212 g/mol. The predicted octanol–water partition coefficient (Wildman–Crippen LogP) is 1.10. The quantitative estimate of drug-likeness (QED) is 0.556. The summed E-state index contributed by atoms with van der Waals surface area (Å²) in [7, 11) is 0. The molecule has 2 rings (SSSR count). The van der Waals surface area contributed by atoms with Crippen molar-refractivity contribution in [1.29, 1.82) is 0 Å². The standard InChI is InChI=1S/C9H9ClN2O2/c10-9-3-7(1-2-11-9)12-4-8(5-12)14-6-13/h1-3,6,8H,4-5H2. The van der Waals surface area contributed by atoms with Crippen LogP contribution in [0.5, 0.6) is 0 Å². The minimum Gasteiger partial charge on any atom is -0.461 e. The first-order valence-electron chi connectivity index (χ1n) is 4.25. The Bertz CT molecular complexity index is 339. The lowest BCUT2D eigenvalue weighted by Gasteiger charge is -2.39. The Morgan fingerprint density at radius 1 is 1.64 bits per heavy atom. The maximum Gasteiger partial charge on any atom is 0.293 e. The van der Waals surface area contributed by atoms with Gasteiger partial charge in [-0.15, -0.1) is 0 Å². The Kier molecular flexibility index (Phi) is 2.54. The Hall–Kier alpha value is -1.29. The van der Waals surface area contributed by atoms with Gasteiger partial charge in [-0.2, -0.15) is 0 Å². The van der Waals surface area contributed by atoms with E-state index in [1.807, 2.05) is 6.07 Å². The maximum absolute atomic E-state index is 10.0. The summed E-state index contributed by atoms with van der Waals surface area (Å²) < 4.78 is 4.79. The average Bonchev–Trinajstić information content (AvgIpc) is 2.10. The van der Waals surface area contributed by atoms with Crippen molar-refractivity contribution in [2.24, 2.45) is 0 Å². The van der Waals surface area contributed by atoms with Crippen molar-refractivity contribution in [1.82, 2.24) is 4.98 Å². The van der Waals surface area contributed by atoms with Gasteiger partial charge in [-0.25, -0.2) is 4.98 Å². The molecule has 0 radical (unpaired) electrons. The van der Waals surface area contributed by atoms with E-state index < -0.39 is 0 Å². The molecule has 1 aromatic heterocycles. The number of anilines is 1. The lowest BCUT2D eigenvalue weighted by atomic mass is 10.1. The summed E-state index contributed by atoms with van der Waals surface area (Å²) in [4.78, 5) is 16.0. The van der Waals surface area contributed by atoms with E-state index in [-0.39, 0.29) is 6.10 Å². The third-order valence-electron chi connectivity index (χ3n) is 2.17. The molecule has 1 fully saturated rings. The fourth-order valence-electron chi connectivity index (χ4n) is 1.40. The van der Waals surface area contributed by atoms with E-state index in [4.69, 9.17) is 16.3 Å². The average molecular weight is 213 g/mol. The van der Waals surface area contributed by atoms with Gasteiger partial charge < -0.3 is 9.64 Å². The predicted molar refractivity (Wildman–Crippen MR) is 52.4 cm³/mol. The first kappa shape index (κ1) is 9.27. The van der Waals surface area contributed by atoms with Gasteiger partial charge in [0.1, 0.15) is 11.3 Å². The molecule has 0 unspecified atom stereocenters. The van der Waals surface area contributed by atoms with Crippen molar-refractivity contribution in [3.63, 3.8) is 0 Å². The van der Waals surface area contributed by atoms with Crippen LogP contribution < -0.4 is 4.90 Å². The van der Waals surface area contributed by atoms with Crippen LogP contribution in [0, 0.1) is 0 Å². The van der Waals surface area contributed by atoms with E-state index in [9.17, 15) is 4.79 Å². The van der Waals surface area contributed by atoms with Gasteiger partial charge in [0.25, 0.3) is 6.47 Å². The molecule has 2 heterocycles. The van der Waals surface area contributed by atoms with Crippen molar-refractivity contribution in [2.75, 3.05) is 18.0 Å². The lowest BCUT2D eigenvalue weighted by Crippen LogP contribution is -2.52. The van der Waals surface area contributed by atoms with Gasteiger partial charge in [0.15, 0.2) is 0 Å². The van der Waals surface area contributed by atoms with Crippen molar-refractivity contribution in [2.45, 2.75) is 6.10 Å². The third-order valence-corrected chi connectivity index (χ3v) is 2.38. The summed E-state index contributed by atoms with van der Waals surface area (Å²) in [6.45, 7) is 1.93. The number of nitrogens with zero attached hydrogens (tertiary/aromatic N) is 2. The zero-order valence-electron chi connectivity index (χ0n) is 7.39. The Morgan fingerprint density at radius 3 is 3.07 bits per heavy atom. The van der Waals surface area contributed by atoms with Crippen LogP contribution in [0.2, 0.25) is 5.15 Å². The largest absolute Gasteiger partial charge is 0.461 e. The van der Waals surface area contributed by atoms with Crippen molar-refractivity contribution >= 4 is 23.8 Å². The van der Waals surface area contributed by atoms with Gasteiger partial charge in [-0.05, 0) is 12.1 Å². The van der Waals surface area contributed by atoms with Crippen molar-refractivity contribution < 1.29 is 9.53 Å². The van der Waals surface area contributed by atoms with E-state index in [1.165, 1.54) is 0 Å². The van der Waals surface area contributed by atoms with E-state index in [2.05, 4.69) is 9.88 Å². The molecule has 1 aliphatic heterocycles. The highest BCUT2D eigenvalue weighted by molar-refractivity contribution is 6.29. The Morgan fingerprint density at radius 2 is 2.43 bits per heavy atom. The second-order valence-corrected chi connectivity index (χ2v) is 3.48. The molecule has 0 aliphatic carbocycles. The van der Waals surface area contributed by atoms with Gasteiger partial charge in [-0.1, -0.05) is 11.6 Å². The van der Waals surface area contributed by atoms with Crippen LogP contribution in [-0.4, -0.2) is 30.6 Å². The molecule has 1 aromatic rings. The van der Waals surface area contributed by atoms with Crippen molar-refractivity contribution in [3.8, 4) is 0 Å². The molecule has 0 N–H and O–H groups in total. The van der Waals surface area contributed by atoms with Crippen LogP contribution in [0.1, 0.15) is 0 Å². The van der Waals surface area contributed by atoms with Gasteiger partial charge in [0, 0.05) is 11.9 Å². The third kappa shape index (κ3) is 1.80. The smallest absolute Gasteiger partial charge is 0.293 e. The number of aromatic nitrogens is 1. The van der Waals surface area contributed by atoms with E-state index in [0.29, 0.717) is 11.6 Å². The van der Waals surface area contributed by atoms with E-state index in [0.717, 1.165) is 18.8 Å². The highest BCUT2D eigenvalue weighted by Gasteiger charge is 2.28. The van der Waals surface area contributed by atoms with Gasteiger partial charge >= 0.3 is 0 Å².